The molecule has 0 saturated carbocycles. The minimum atomic E-state index is -0.194. The van der Waals surface area contributed by atoms with Crippen LogP contribution in [0.2, 0.25) is 5.02 Å². The number of hydrogen-bond acceptors (Lipinski definition) is 6. The molecule has 2 aliphatic heterocycles. The summed E-state index contributed by atoms with van der Waals surface area (Å²) in [5, 5.41) is 0.777. The molecule has 0 aliphatic carbocycles. The summed E-state index contributed by atoms with van der Waals surface area (Å²) in [5.41, 5.74) is 0.235. The number of likely N-dealkylation sites (tertiary alicyclic amines) is 1. The van der Waals surface area contributed by atoms with Gasteiger partial charge in [-0.2, -0.15) is 0 Å². The van der Waals surface area contributed by atoms with E-state index in [1.165, 1.54) is 18.0 Å². The van der Waals surface area contributed by atoms with E-state index in [1.54, 1.807) is 4.90 Å². The molecule has 0 bridgehead atoms. The van der Waals surface area contributed by atoms with Gasteiger partial charge in [-0.1, -0.05) is 23.4 Å². The van der Waals surface area contributed by atoms with Gasteiger partial charge in [0.05, 0.1) is 24.4 Å². The summed E-state index contributed by atoms with van der Waals surface area (Å²) in [7, 11) is 0. The van der Waals surface area contributed by atoms with Gasteiger partial charge in [-0.3, -0.25) is 9.59 Å². The molecule has 0 spiro atoms. The molecule has 0 aromatic carbocycles. The summed E-state index contributed by atoms with van der Waals surface area (Å²) in [6.45, 7) is 3.60. The van der Waals surface area contributed by atoms with Crippen LogP contribution in [0.5, 0.6) is 0 Å². The summed E-state index contributed by atoms with van der Waals surface area (Å²) in [6, 6.07) is 0. The highest BCUT2D eigenvalue weighted by Crippen LogP contribution is 2.24. The Balaban J connectivity index is 1.60. The van der Waals surface area contributed by atoms with Gasteiger partial charge in [0.1, 0.15) is 0 Å². The fraction of sp³-hybridized carbons (Fsp3) is 0.625. The molecule has 7 nitrogen and oxygen atoms in total. The summed E-state index contributed by atoms with van der Waals surface area (Å²) in [5.74, 6) is -0.0371. The van der Waals surface area contributed by atoms with Crippen LogP contribution in [0, 0.1) is 5.92 Å². The zero-order valence-electron chi connectivity index (χ0n) is 14.1. The molecule has 136 valence electrons. The van der Waals surface area contributed by atoms with Gasteiger partial charge < -0.3 is 14.5 Å². The Morgan fingerprint density at radius 1 is 1.20 bits per heavy atom. The topological polar surface area (TPSA) is 75.6 Å². The van der Waals surface area contributed by atoms with E-state index in [0.717, 1.165) is 0 Å². The third kappa shape index (κ3) is 4.24. The van der Waals surface area contributed by atoms with E-state index in [0.29, 0.717) is 57.4 Å². The third-order valence-electron chi connectivity index (χ3n) is 4.56. The third-order valence-corrected chi connectivity index (χ3v) is 5.40. The Bertz CT molecular complexity index is 646. The standard InChI is InChI=1S/C16H21ClN4O3S/c1-25-16-18-10-12(17)13(19-16)15(23)20-4-2-11(3-5-20)14(22)21-6-8-24-9-7-21/h10-11H,2-9H2,1H3. The number of carbonyl (C=O) groups excluding carboxylic acids is 2. The zero-order chi connectivity index (χ0) is 17.8. The largest absolute Gasteiger partial charge is 0.378 e. The number of morpholine rings is 1. The number of piperidine rings is 1. The van der Waals surface area contributed by atoms with Gasteiger partial charge in [-0.15, -0.1) is 0 Å². The fourth-order valence-electron chi connectivity index (χ4n) is 3.12. The van der Waals surface area contributed by atoms with Crippen molar-refractivity contribution in [2.24, 2.45) is 5.92 Å². The first-order chi connectivity index (χ1) is 12.1. The highest BCUT2D eigenvalue weighted by Gasteiger charge is 2.32. The molecule has 0 atom stereocenters. The zero-order valence-corrected chi connectivity index (χ0v) is 15.7. The van der Waals surface area contributed by atoms with Gasteiger partial charge in [0.15, 0.2) is 10.9 Å². The molecule has 3 heterocycles. The highest BCUT2D eigenvalue weighted by molar-refractivity contribution is 7.98. The molecule has 3 rings (SSSR count). The molecule has 1 aromatic rings. The summed E-state index contributed by atoms with van der Waals surface area (Å²) >= 11 is 7.46. The second kappa shape index (κ2) is 8.33. The van der Waals surface area contributed by atoms with E-state index < -0.39 is 0 Å². The Morgan fingerprint density at radius 2 is 1.88 bits per heavy atom. The van der Waals surface area contributed by atoms with Gasteiger partial charge in [0.2, 0.25) is 5.91 Å². The van der Waals surface area contributed by atoms with Crippen LogP contribution >= 0.6 is 23.4 Å². The monoisotopic (exact) mass is 384 g/mol. The van der Waals surface area contributed by atoms with Crippen molar-refractivity contribution in [1.82, 2.24) is 19.8 Å². The Hall–Kier alpha value is -1.38. The van der Waals surface area contributed by atoms with Gasteiger partial charge in [0, 0.05) is 32.1 Å². The molecule has 1 aromatic heterocycles. The lowest BCUT2D eigenvalue weighted by Gasteiger charge is -2.35. The van der Waals surface area contributed by atoms with E-state index >= 15 is 0 Å². The maximum absolute atomic E-state index is 12.7. The molecule has 2 fully saturated rings. The number of halogens is 1. The first kappa shape index (κ1) is 18.4. The number of rotatable bonds is 3. The Morgan fingerprint density at radius 3 is 2.52 bits per heavy atom. The van der Waals surface area contributed by atoms with Crippen LogP contribution < -0.4 is 0 Å². The van der Waals surface area contributed by atoms with Crippen molar-refractivity contribution in [3.8, 4) is 0 Å². The predicted molar refractivity (Wildman–Crippen MR) is 94.8 cm³/mol. The van der Waals surface area contributed by atoms with Crippen LogP contribution in [0.3, 0.4) is 0 Å². The maximum atomic E-state index is 12.7. The van der Waals surface area contributed by atoms with Gasteiger partial charge in [-0.05, 0) is 19.1 Å². The lowest BCUT2D eigenvalue weighted by Crippen LogP contribution is -2.47. The predicted octanol–water partition coefficient (Wildman–Crippen LogP) is 1.56. The second-order valence-electron chi connectivity index (χ2n) is 6.06. The number of thioether (sulfide) groups is 1. The van der Waals surface area contributed by atoms with Crippen molar-refractivity contribution in [2.75, 3.05) is 45.6 Å². The van der Waals surface area contributed by atoms with E-state index in [2.05, 4.69) is 9.97 Å². The average Bonchev–Trinajstić information content (AvgIpc) is 2.68. The number of aromatic nitrogens is 2. The molecule has 0 N–H and O–H groups in total. The van der Waals surface area contributed by atoms with Crippen LogP contribution in [-0.4, -0.2) is 77.2 Å². The first-order valence-corrected chi connectivity index (χ1v) is 9.92. The molecule has 25 heavy (non-hydrogen) atoms. The van der Waals surface area contributed by atoms with Crippen molar-refractivity contribution < 1.29 is 14.3 Å². The lowest BCUT2D eigenvalue weighted by atomic mass is 9.95. The number of ether oxygens (including phenoxy) is 1. The summed E-state index contributed by atoms with van der Waals surface area (Å²) < 4.78 is 5.29. The van der Waals surface area contributed by atoms with Crippen LogP contribution in [0.4, 0.5) is 0 Å². The molecule has 2 aliphatic rings. The SMILES string of the molecule is CSc1ncc(Cl)c(C(=O)N2CCC(C(=O)N3CCOCC3)CC2)n1. The number of hydrogen-bond donors (Lipinski definition) is 0. The van der Waals surface area contributed by atoms with Crippen molar-refractivity contribution in [3.63, 3.8) is 0 Å². The van der Waals surface area contributed by atoms with Crippen molar-refractivity contribution >= 4 is 35.2 Å². The van der Waals surface area contributed by atoms with Crippen LogP contribution in [-0.2, 0) is 9.53 Å². The lowest BCUT2D eigenvalue weighted by molar-refractivity contribution is -0.141. The molecular formula is C16H21ClN4O3S. The highest BCUT2D eigenvalue weighted by atomic mass is 35.5. The normalized spacial score (nSPS) is 19.1. The minimum absolute atomic E-state index is 0.0234. The number of carbonyl (C=O) groups is 2. The van der Waals surface area contributed by atoms with Crippen molar-refractivity contribution in [3.05, 3.63) is 16.9 Å². The second-order valence-corrected chi connectivity index (χ2v) is 7.24. The van der Waals surface area contributed by atoms with E-state index in [1.807, 2.05) is 11.2 Å². The quantitative estimate of drug-likeness (QED) is 0.581. The van der Waals surface area contributed by atoms with Crippen molar-refractivity contribution in [2.45, 2.75) is 18.0 Å². The van der Waals surface area contributed by atoms with E-state index in [9.17, 15) is 9.59 Å². The molecule has 9 heteroatoms. The Labute approximate surface area is 156 Å². The van der Waals surface area contributed by atoms with Gasteiger partial charge >= 0.3 is 0 Å². The van der Waals surface area contributed by atoms with Crippen molar-refractivity contribution in [1.29, 1.82) is 0 Å². The molecule has 2 amide bonds. The van der Waals surface area contributed by atoms with E-state index in [4.69, 9.17) is 16.3 Å². The minimum Gasteiger partial charge on any atom is -0.378 e. The average molecular weight is 385 g/mol. The van der Waals surface area contributed by atoms with Gasteiger partial charge in [0.25, 0.3) is 5.91 Å². The fourth-order valence-corrected chi connectivity index (χ4v) is 3.63. The van der Waals surface area contributed by atoms with Crippen LogP contribution in [0.25, 0.3) is 0 Å². The molecule has 0 unspecified atom stereocenters. The number of amides is 2. The molecular weight excluding hydrogens is 364 g/mol. The van der Waals surface area contributed by atoms with E-state index in [-0.39, 0.29) is 28.4 Å². The molecule has 2 saturated heterocycles. The molecule has 0 radical (unpaired) electrons. The van der Waals surface area contributed by atoms with Gasteiger partial charge in [-0.25, -0.2) is 9.97 Å². The maximum Gasteiger partial charge on any atom is 0.274 e. The summed E-state index contributed by atoms with van der Waals surface area (Å²) in [4.78, 5) is 37.1. The smallest absolute Gasteiger partial charge is 0.274 e. The van der Waals surface area contributed by atoms with Crippen LogP contribution in [0.15, 0.2) is 11.4 Å². The number of nitrogens with zero attached hydrogens (tertiary/aromatic N) is 4. The first-order valence-electron chi connectivity index (χ1n) is 8.32. The van der Waals surface area contributed by atoms with Crippen LogP contribution in [0.1, 0.15) is 23.3 Å². The Kier molecular flexibility index (Phi) is 6.14. The summed E-state index contributed by atoms with van der Waals surface area (Å²) in [6.07, 6.45) is 4.64.